The first-order valence-electron chi connectivity index (χ1n) is 4.88. The van der Waals surface area contributed by atoms with Crippen molar-refractivity contribution >= 4 is 0 Å². The van der Waals surface area contributed by atoms with Crippen LogP contribution in [-0.4, -0.2) is 25.7 Å². The zero-order valence-electron chi connectivity index (χ0n) is 7.90. The van der Waals surface area contributed by atoms with Gasteiger partial charge in [0.25, 0.3) is 0 Å². The van der Waals surface area contributed by atoms with Crippen molar-refractivity contribution in [3.63, 3.8) is 0 Å². The van der Waals surface area contributed by atoms with Crippen LogP contribution < -0.4 is 10.6 Å². The molecular formula is C9H22N2+2. The molecule has 2 atom stereocenters. The lowest BCUT2D eigenvalue weighted by Crippen LogP contribution is -3.16. The van der Waals surface area contributed by atoms with Crippen LogP contribution >= 0.6 is 0 Å². The maximum atomic E-state index is 3.99. The van der Waals surface area contributed by atoms with Gasteiger partial charge in [-0.3, -0.25) is 0 Å². The van der Waals surface area contributed by atoms with Crippen molar-refractivity contribution in [3.8, 4) is 0 Å². The van der Waals surface area contributed by atoms with Crippen LogP contribution in [0.4, 0.5) is 0 Å². The monoisotopic (exact) mass is 158 g/mol. The molecule has 0 radical (unpaired) electrons. The number of likely N-dealkylation sites (tertiary alicyclic amines) is 1. The van der Waals surface area contributed by atoms with E-state index >= 15 is 0 Å². The third kappa shape index (κ3) is 2.46. The van der Waals surface area contributed by atoms with Crippen molar-refractivity contribution in [2.24, 2.45) is 5.92 Å². The molecular weight excluding hydrogens is 136 g/mol. The van der Waals surface area contributed by atoms with E-state index in [0.29, 0.717) is 0 Å². The van der Waals surface area contributed by atoms with Crippen LogP contribution in [0.15, 0.2) is 0 Å². The summed E-state index contributed by atoms with van der Waals surface area (Å²) in [5.74, 6) is 0.904. The molecule has 1 rings (SSSR count). The van der Waals surface area contributed by atoms with Gasteiger partial charge >= 0.3 is 0 Å². The molecule has 1 fully saturated rings. The van der Waals surface area contributed by atoms with E-state index < -0.39 is 0 Å². The molecule has 4 N–H and O–H groups in total. The Balaban J connectivity index is 2.33. The summed E-state index contributed by atoms with van der Waals surface area (Å²) in [4.78, 5) is 1.78. The minimum Gasteiger partial charge on any atom is -0.357 e. The second-order valence-corrected chi connectivity index (χ2v) is 4.06. The van der Waals surface area contributed by atoms with E-state index in [4.69, 9.17) is 0 Å². The van der Waals surface area contributed by atoms with Crippen LogP contribution in [0.1, 0.15) is 26.7 Å². The molecule has 2 heteroatoms. The Hall–Kier alpha value is -0.0800. The Bertz CT molecular complexity index is 112. The molecule has 0 aliphatic carbocycles. The molecule has 0 aromatic rings. The smallest absolute Gasteiger partial charge is 0.0856 e. The van der Waals surface area contributed by atoms with Gasteiger partial charge in [-0.25, -0.2) is 0 Å². The van der Waals surface area contributed by atoms with Crippen LogP contribution in [0.25, 0.3) is 0 Å². The lowest BCUT2D eigenvalue weighted by atomic mass is 9.97. The molecule has 1 saturated heterocycles. The standard InChI is InChI=1S/C9H20N2/c1-8(2)11-5-3-4-9(6-10)7-11/h8-9H,3-7,10H2,1-2H3/p+2/t9-/m0/s1. The maximum absolute atomic E-state index is 3.99. The fraction of sp³-hybridized carbons (Fsp3) is 1.00. The normalized spacial score (nSPS) is 32.7. The second kappa shape index (κ2) is 4.07. The van der Waals surface area contributed by atoms with Crippen LogP contribution in [-0.2, 0) is 0 Å². The number of hydrogen-bond donors (Lipinski definition) is 2. The summed E-state index contributed by atoms with van der Waals surface area (Å²) in [7, 11) is 0. The average Bonchev–Trinajstić information content (AvgIpc) is 2.05. The fourth-order valence-corrected chi connectivity index (χ4v) is 1.96. The van der Waals surface area contributed by atoms with E-state index in [1.807, 2.05) is 0 Å². The van der Waals surface area contributed by atoms with Crippen molar-refractivity contribution in [3.05, 3.63) is 0 Å². The minimum absolute atomic E-state index is 0.810. The summed E-state index contributed by atoms with van der Waals surface area (Å²) in [5.41, 5.74) is 3.99. The summed E-state index contributed by atoms with van der Waals surface area (Å²) in [5, 5.41) is 0. The molecule has 66 valence electrons. The van der Waals surface area contributed by atoms with E-state index in [1.54, 1.807) is 4.90 Å². The third-order valence-corrected chi connectivity index (χ3v) is 2.89. The Morgan fingerprint density at radius 2 is 2.27 bits per heavy atom. The summed E-state index contributed by atoms with van der Waals surface area (Å²) in [6.45, 7) is 8.52. The van der Waals surface area contributed by atoms with Gasteiger partial charge in [0.1, 0.15) is 0 Å². The summed E-state index contributed by atoms with van der Waals surface area (Å²) < 4.78 is 0. The highest BCUT2D eigenvalue weighted by Crippen LogP contribution is 2.04. The predicted octanol–water partition coefficient (Wildman–Crippen LogP) is -1.07. The van der Waals surface area contributed by atoms with E-state index in [-0.39, 0.29) is 0 Å². The highest BCUT2D eigenvalue weighted by atomic mass is 15.2. The Kier molecular flexibility index (Phi) is 3.34. The molecule has 0 spiro atoms. The van der Waals surface area contributed by atoms with E-state index in [1.165, 1.54) is 25.9 Å². The molecule has 11 heavy (non-hydrogen) atoms. The summed E-state index contributed by atoms with van der Waals surface area (Å²) in [6, 6.07) is 0.810. The highest BCUT2D eigenvalue weighted by molar-refractivity contribution is 4.59. The van der Waals surface area contributed by atoms with Gasteiger partial charge in [0.2, 0.25) is 0 Å². The van der Waals surface area contributed by atoms with Crippen LogP contribution in [0.5, 0.6) is 0 Å². The molecule has 1 unspecified atom stereocenters. The first-order chi connectivity index (χ1) is 5.24. The summed E-state index contributed by atoms with van der Waals surface area (Å²) in [6.07, 6.45) is 2.83. The van der Waals surface area contributed by atoms with Crippen LogP contribution in [0, 0.1) is 5.92 Å². The number of hydrogen-bond acceptors (Lipinski definition) is 0. The van der Waals surface area contributed by atoms with Crippen molar-refractivity contribution in [1.82, 2.24) is 0 Å². The number of piperidine rings is 1. The first-order valence-corrected chi connectivity index (χ1v) is 4.88. The third-order valence-electron chi connectivity index (χ3n) is 2.89. The van der Waals surface area contributed by atoms with Gasteiger partial charge < -0.3 is 10.6 Å². The highest BCUT2D eigenvalue weighted by Gasteiger charge is 2.24. The van der Waals surface area contributed by atoms with Crippen molar-refractivity contribution < 1.29 is 10.6 Å². The molecule has 0 aromatic heterocycles. The molecule has 1 aliphatic heterocycles. The molecule has 1 heterocycles. The minimum atomic E-state index is 0.810. The number of rotatable bonds is 2. The Morgan fingerprint density at radius 3 is 2.82 bits per heavy atom. The zero-order chi connectivity index (χ0) is 8.27. The van der Waals surface area contributed by atoms with Crippen LogP contribution in [0.2, 0.25) is 0 Å². The first kappa shape index (κ1) is 9.01. The molecule has 2 nitrogen and oxygen atoms in total. The van der Waals surface area contributed by atoms with Gasteiger partial charge in [-0.2, -0.15) is 0 Å². The van der Waals surface area contributed by atoms with Gasteiger partial charge in [0, 0.05) is 0 Å². The van der Waals surface area contributed by atoms with E-state index in [0.717, 1.165) is 18.5 Å². The van der Waals surface area contributed by atoms with Crippen molar-refractivity contribution in [2.45, 2.75) is 32.7 Å². The Labute approximate surface area is 69.8 Å². The fourth-order valence-electron chi connectivity index (χ4n) is 1.96. The molecule has 0 amide bonds. The van der Waals surface area contributed by atoms with Gasteiger partial charge in [-0.05, 0) is 26.7 Å². The van der Waals surface area contributed by atoms with Crippen molar-refractivity contribution in [2.75, 3.05) is 19.6 Å². The molecule has 0 aromatic carbocycles. The lowest BCUT2D eigenvalue weighted by molar-refractivity contribution is -0.930. The van der Waals surface area contributed by atoms with E-state index in [2.05, 4.69) is 19.6 Å². The Morgan fingerprint density at radius 1 is 1.55 bits per heavy atom. The van der Waals surface area contributed by atoms with Gasteiger partial charge in [0.15, 0.2) is 0 Å². The molecule has 0 saturated carbocycles. The largest absolute Gasteiger partial charge is 0.357 e. The zero-order valence-corrected chi connectivity index (χ0v) is 7.90. The van der Waals surface area contributed by atoms with E-state index in [9.17, 15) is 0 Å². The molecule has 1 aliphatic rings. The number of quaternary nitrogens is 2. The van der Waals surface area contributed by atoms with Crippen molar-refractivity contribution in [1.29, 1.82) is 0 Å². The second-order valence-electron chi connectivity index (χ2n) is 4.06. The molecule has 0 bridgehead atoms. The average molecular weight is 158 g/mol. The SMILES string of the molecule is CC(C)[NH+]1CCC[C@@H](C[NH3+])C1. The lowest BCUT2D eigenvalue weighted by Gasteiger charge is -2.31. The van der Waals surface area contributed by atoms with Crippen LogP contribution in [0.3, 0.4) is 0 Å². The van der Waals surface area contributed by atoms with Gasteiger partial charge in [0.05, 0.1) is 31.6 Å². The topological polar surface area (TPSA) is 32.1 Å². The number of nitrogens with one attached hydrogen (secondary N) is 1. The summed E-state index contributed by atoms with van der Waals surface area (Å²) >= 11 is 0. The van der Waals surface area contributed by atoms with Gasteiger partial charge in [-0.15, -0.1) is 0 Å². The predicted molar refractivity (Wildman–Crippen MR) is 46.3 cm³/mol. The van der Waals surface area contributed by atoms with Gasteiger partial charge in [-0.1, -0.05) is 0 Å². The maximum Gasteiger partial charge on any atom is 0.0856 e. The quantitative estimate of drug-likeness (QED) is 0.513.